The van der Waals surface area contributed by atoms with Gasteiger partial charge in [-0.3, -0.25) is 9.59 Å². The molecule has 0 heterocycles. The van der Waals surface area contributed by atoms with Crippen LogP contribution in [0.4, 0.5) is 5.69 Å². The number of carbonyl (C=O) groups excluding carboxylic acids is 2. The lowest BCUT2D eigenvalue weighted by molar-refractivity contribution is -0.154. The van der Waals surface area contributed by atoms with Gasteiger partial charge in [0.1, 0.15) is 0 Å². The highest BCUT2D eigenvalue weighted by molar-refractivity contribution is 5.93. The maximum absolute atomic E-state index is 12.4. The third kappa shape index (κ3) is 3.51. The Morgan fingerprint density at radius 1 is 1.00 bits per heavy atom. The molecule has 0 unspecified atom stereocenters. The largest absolute Gasteiger partial charge is 0.456 e. The summed E-state index contributed by atoms with van der Waals surface area (Å²) in [5, 5.41) is 2.87. The van der Waals surface area contributed by atoms with Crippen LogP contribution in [0.2, 0.25) is 0 Å². The van der Waals surface area contributed by atoms with Crippen LogP contribution in [0.3, 0.4) is 0 Å². The Morgan fingerprint density at radius 2 is 1.67 bits per heavy atom. The van der Waals surface area contributed by atoms with Crippen molar-refractivity contribution < 1.29 is 14.3 Å². The van der Waals surface area contributed by atoms with E-state index in [0.29, 0.717) is 6.42 Å². The zero-order chi connectivity index (χ0) is 18.4. The molecule has 0 radical (unpaired) electrons. The predicted octanol–water partition coefficient (Wildman–Crippen LogP) is 4.26. The molecule has 0 aromatic heterocycles. The first-order valence-electron chi connectivity index (χ1n) is 10.6. The summed E-state index contributed by atoms with van der Waals surface area (Å²) in [5.41, 5.74) is 3.68. The summed E-state index contributed by atoms with van der Waals surface area (Å²) in [6.45, 7) is -0.178. The van der Waals surface area contributed by atoms with E-state index in [1.54, 1.807) is 0 Å². The Bertz CT molecular complexity index is 734. The smallest absolute Gasteiger partial charge is 0.306 e. The number of anilines is 1. The molecule has 0 saturated heterocycles. The van der Waals surface area contributed by atoms with Gasteiger partial charge in [0.05, 0.1) is 6.42 Å². The summed E-state index contributed by atoms with van der Waals surface area (Å²) in [4.78, 5) is 24.6. The molecule has 144 valence electrons. The minimum Gasteiger partial charge on any atom is -0.456 e. The second-order valence-corrected chi connectivity index (χ2v) is 9.64. The normalized spacial score (nSPS) is 33.0. The molecule has 0 aliphatic heterocycles. The number of carbonyl (C=O) groups is 2. The molecule has 0 spiro atoms. The summed E-state index contributed by atoms with van der Waals surface area (Å²) in [6, 6.07) is 6.09. The molecule has 0 atom stereocenters. The van der Waals surface area contributed by atoms with Crippen LogP contribution in [0.1, 0.15) is 62.5 Å². The highest BCUT2D eigenvalue weighted by atomic mass is 16.5. The van der Waals surface area contributed by atoms with E-state index in [4.69, 9.17) is 4.74 Å². The summed E-state index contributed by atoms with van der Waals surface area (Å²) < 4.78 is 5.36. The molecule has 27 heavy (non-hydrogen) atoms. The van der Waals surface area contributed by atoms with E-state index in [-0.39, 0.29) is 23.9 Å². The lowest BCUT2D eigenvalue weighted by atomic mass is 9.49. The monoisotopic (exact) mass is 367 g/mol. The van der Waals surface area contributed by atoms with E-state index in [0.717, 1.165) is 36.3 Å². The van der Waals surface area contributed by atoms with Gasteiger partial charge in [0.15, 0.2) is 6.61 Å². The fourth-order valence-electron chi connectivity index (χ4n) is 6.86. The molecular weight excluding hydrogens is 338 g/mol. The molecule has 4 bridgehead atoms. The quantitative estimate of drug-likeness (QED) is 0.791. The summed E-state index contributed by atoms with van der Waals surface area (Å²) >= 11 is 0. The number of hydrogen-bond acceptors (Lipinski definition) is 3. The first kappa shape index (κ1) is 17.3. The molecule has 4 fully saturated rings. The van der Waals surface area contributed by atoms with Crippen LogP contribution >= 0.6 is 0 Å². The highest BCUT2D eigenvalue weighted by Crippen LogP contribution is 2.61. The zero-order valence-corrected chi connectivity index (χ0v) is 16.0. The van der Waals surface area contributed by atoms with Crippen molar-refractivity contribution in [3.8, 4) is 0 Å². The average Bonchev–Trinajstić information content (AvgIpc) is 3.06. The minimum absolute atomic E-state index is 0.169. The Morgan fingerprint density at radius 3 is 2.37 bits per heavy atom. The van der Waals surface area contributed by atoms with E-state index < -0.39 is 0 Å². The number of fused-ring (bicyclic) bond motifs is 1. The highest BCUT2D eigenvalue weighted by Gasteiger charge is 2.51. The first-order chi connectivity index (χ1) is 13.1. The average molecular weight is 367 g/mol. The van der Waals surface area contributed by atoms with Crippen molar-refractivity contribution in [2.75, 3.05) is 11.9 Å². The number of ether oxygens (including phenoxy) is 1. The van der Waals surface area contributed by atoms with Crippen LogP contribution in [-0.4, -0.2) is 18.5 Å². The van der Waals surface area contributed by atoms with Crippen LogP contribution in [0.5, 0.6) is 0 Å². The fraction of sp³-hybridized carbons (Fsp3) is 0.652. The van der Waals surface area contributed by atoms with Gasteiger partial charge < -0.3 is 10.1 Å². The molecule has 5 aliphatic rings. The van der Waals surface area contributed by atoms with Crippen molar-refractivity contribution in [2.24, 2.45) is 23.2 Å². The Hall–Kier alpha value is -1.84. The van der Waals surface area contributed by atoms with Gasteiger partial charge in [0.2, 0.25) is 0 Å². The summed E-state index contributed by atoms with van der Waals surface area (Å²) in [6.07, 6.45) is 11.6. The number of aryl methyl sites for hydroxylation is 2. The summed E-state index contributed by atoms with van der Waals surface area (Å²) in [5.74, 6) is 2.04. The van der Waals surface area contributed by atoms with Crippen LogP contribution < -0.4 is 5.32 Å². The van der Waals surface area contributed by atoms with E-state index >= 15 is 0 Å². The van der Waals surface area contributed by atoms with Crippen LogP contribution in [0, 0.1) is 23.2 Å². The number of nitrogens with one attached hydrogen (secondary N) is 1. The molecule has 1 aromatic rings. The van der Waals surface area contributed by atoms with Crippen molar-refractivity contribution in [2.45, 2.75) is 64.2 Å². The van der Waals surface area contributed by atoms with Gasteiger partial charge >= 0.3 is 5.97 Å². The second kappa shape index (κ2) is 6.65. The maximum Gasteiger partial charge on any atom is 0.306 e. The fourth-order valence-corrected chi connectivity index (χ4v) is 6.86. The van der Waals surface area contributed by atoms with E-state index in [2.05, 4.69) is 17.4 Å². The topological polar surface area (TPSA) is 55.4 Å². The van der Waals surface area contributed by atoms with Gasteiger partial charge in [0, 0.05) is 5.69 Å². The molecule has 6 rings (SSSR count). The molecule has 1 amide bonds. The van der Waals surface area contributed by atoms with E-state index in [1.807, 2.05) is 6.07 Å². The van der Waals surface area contributed by atoms with Gasteiger partial charge in [0.25, 0.3) is 5.91 Å². The number of esters is 1. The van der Waals surface area contributed by atoms with Gasteiger partial charge in [-0.15, -0.1) is 0 Å². The molecule has 4 nitrogen and oxygen atoms in total. The van der Waals surface area contributed by atoms with Crippen molar-refractivity contribution in [3.05, 3.63) is 29.3 Å². The molecule has 4 saturated carbocycles. The Labute approximate surface area is 161 Å². The van der Waals surface area contributed by atoms with Crippen LogP contribution in [-0.2, 0) is 27.2 Å². The van der Waals surface area contributed by atoms with Crippen molar-refractivity contribution in [1.29, 1.82) is 0 Å². The molecule has 1 aromatic carbocycles. The van der Waals surface area contributed by atoms with Crippen molar-refractivity contribution in [3.63, 3.8) is 0 Å². The second-order valence-electron chi connectivity index (χ2n) is 9.64. The van der Waals surface area contributed by atoms with Crippen LogP contribution in [0.25, 0.3) is 0 Å². The maximum atomic E-state index is 12.4. The van der Waals surface area contributed by atoms with Crippen molar-refractivity contribution in [1.82, 2.24) is 0 Å². The van der Waals surface area contributed by atoms with Gasteiger partial charge in [-0.2, -0.15) is 0 Å². The number of amides is 1. The van der Waals surface area contributed by atoms with Crippen molar-refractivity contribution >= 4 is 17.6 Å². The Kier molecular flexibility index (Phi) is 4.25. The molecule has 5 aliphatic carbocycles. The number of rotatable bonds is 5. The standard InChI is InChI=1S/C23H29NO3/c25-21(24-20-5-4-18-2-1-3-19(18)9-20)14-27-22(26)13-23-10-15-6-16(11-23)8-17(7-15)12-23/h4-5,9,15-17H,1-3,6-8,10-14H2,(H,24,25). The third-order valence-electron chi connectivity index (χ3n) is 7.43. The van der Waals surface area contributed by atoms with Gasteiger partial charge in [-0.05, 0) is 104 Å². The van der Waals surface area contributed by atoms with Gasteiger partial charge in [-0.25, -0.2) is 0 Å². The minimum atomic E-state index is -0.244. The Balaban J connectivity index is 1.13. The van der Waals surface area contributed by atoms with Gasteiger partial charge in [-0.1, -0.05) is 6.07 Å². The van der Waals surface area contributed by atoms with E-state index in [9.17, 15) is 9.59 Å². The SMILES string of the molecule is O=C(COC(=O)CC12CC3CC(CC(C3)C1)C2)Nc1ccc2c(c1)CCC2. The number of benzene rings is 1. The van der Waals surface area contributed by atoms with E-state index in [1.165, 1.54) is 56.1 Å². The first-order valence-corrected chi connectivity index (χ1v) is 10.6. The lowest BCUT2D eigenvalue weighted by Crippen LogP contribution is -2.47. The molecule has 4 heteroatoms. The molecule has 1 N–H and O–H groups in total. The number of hydrogen-bond donors (Lipinski definition) is 1. The lowest BCUT2D eigenvalue weighted by Gasteiger charge is -2.56. The third-order valence-corrected chi connectivity index (χ3v) is 7.43. The summed E-state index contributed by atoms with van der Waals surface area (Å²) in [7, 11) is 0. The zero-order valence-electron chi connectivity index (χ0n) is 16.0. The molecular formula is C23H29NO3. The predicted molar refractivity (Wildman–Crippen MR) is 103 cm³/mol. The van der Waals surface area contributed by atoms with Crippen LogP contribution in [0.15, 0.2) is 18.2 Å².